The van der Waals surface area contributed by atoms with Gasteiger partial charge in [-0.1, -0.05) is 70.2 Å². The van der Waals surface area contributed by atoms with Crippen molar-refractivity contribution in [3.05, 3.63) is 64.7 Å². The van der Waals surface area contributed by atoms with E-state index in [1.165, 1.54) is 0 Å². The number of carbonyl (C=O) groups is 1. The summed E-state index contributed by atoms with van der Waals surface area (Å²) in [7, 11) is 0. The molecule has 0 spiro atoms. The lowest BCUT2D eigenvalue weighted by Gasteiger charge is -2.28. The van der Waals surface area contributed by atoms with Gasteiger partial charge in [-0.2, -0.15) is 0 Å². The Hall–Kier alpha value is -1.53. The van der Waals surface area contributed by atoms with Crippen molar-refractivity contribution < 1.29 is 4.79 Å². The maximum Gasteiger partial charge on any atom is 0.252 e. The standard InChI is InChI=1S/C19H20Cl3N3OS/c1-11-5-4-6-14(10-11)16(26)24-17(19(20,21)22)25-18(27)23-15-8-7-12(2)9-13(15)3/h4-10,17H,1-3H3,(H,24,26)(H2,23,25,27)/t17-/m0/s1. The van der Waals surface area contributed by atoms with Crippen molar-refractivity contribution in [1.29, 1.82) is 0 Å². The Balaban J connectivity index is 2.10. The van der Waals surface area contributed by atoms with Gasteiger partial charge in [0.25, 0.3) is 5.91 Å². The summed E-state index contributed by atoms with van der Waals surface area (Å²) in [6, 6.07) is 13.0. The lowest BCUT2D eigenvalue weighted by atomic mass is 10.1. The van der Waals surface area contributed by atoms with Crippen LogP contribution in [0.2, 0.25) is 0 Å². The minimum absolute atomic E-state index is 0.225. The molecular formula is C19H20Cl3N3OS. The van der Waals surface area contributed by atoms with Crippen LogP contribution in [-0.2, 0) is 0 Å². The SMILES string of the molecule is Cc1cccc(C(=O)N[C@@H](NC(=S)Nc2ccc(C)cc2C)C(Cl)(Cl)Cl)c1. The first-order valence-electron chi connectivity index (χ1n) is 8.15. The zero-order chi connectivity index (χ0) is 20.2. The Bertz CT molecular complexity index is 852. The molecule has 1 amide bonds. The molecule has 8 heteroatoms. The van der Waals surface area contributed by atoms with Crippen LogP contribution in [0.3, 0.4) is 0 Å². The molecule has 0 fully saturated rings. The number of amides is 1. The molecule has 1 atom stereocenters. The summed E-state index contributed by atoms with van der Waals surface area (Å²) in [4.78, 5) is 12.5. The summed E-state index contributed by atoms with van der Waals surface area (Å²) in [5.41, 5.74) is 4.40. The van der Waals surface area contributed by atoms with Gasteiger partial charge in [-0.15, -0.1) is 0 Å². The van der Waals surface area contributed by atoms with Gasteiger partial charge in [0, 0.05) is 11.3 Å². The summed E-state index contributed by atoms with van der Waals surface area (Å²) in [5.74, 6) is -0.378. The molecule has 0 saturated heterocycles. The van der Waals surface area contributed by atoms with Crippen molar-refractivity contribution >= 4 is 63.7 Å². The number of carbonyl (C=O) groups excluding carboxylic acids is 1. The van der Waals surface area contributed by atoms with Gasteiger partial charge >= 0.3 is 0 Å². The molecule has 2 rings (SSSR count). The van der Waals surface area contributed by atoms with Crippen molar-refractivity contribution in [3.63, 3.8) is 0 Å². The first-order chi connectivity index (χ1) is 12.6. The summed E-state index contributed by atoms with van der Waals surface area (Å²) < 4.78 is -1.81. The lowest BCUT2D eigenvalue weighted by molar-refractivity contribution is 0.0934. The Kier molecular flexibility index (Phi) is 7.34. The van der Waals surface area contributed by atoms with E-state index in [9.17, 15) is 4.79 Å². The number of benzene rings is 2. The fraction of sp³-hybridized carbons (Fsp3) is 0.263. The van der Waals surface area contributed by atoms with Crippen molar-refractivity contribution in [3.8, 4) is 0 Å². The number of aryl methyl sites for hydroxylation is 3. The molecule has 144 valence electrons. The third-order valence-electron chi connectivity index (χ3n) is 3.79. The average Bonchev–Trinajstić information content (AvgIpc) is 2.56. The van der Waals surface area contributed by atoms with Crippen LogP contribution in [0.15, 0.2) is 42.5 Å². The number of anilines is 1. The molecule has 0 aliphatic heterocycles. The number of hydrogen-bond acceptors (Lipinski definition) is 2. The zero-order valence-electron chi connectivity index (χ0n) is 15.1. The van der Waals surface area contributed by atoms with Crippen LogP contribution in [0.4, 0.5) is 5.69 Å². The molecule has 4 nitrogen and oxygen atoms in total. The Morgan fingerprint density at radius 3 is 2.26 bits per heavy atom. The number of alkyl halides is 3. The number of thiocarbonyl (C=S) groups is 1. The van der Waals surface area contributed by atoms with Crippen LogP contribution >= 0.6 is 47.0 Å². The van der Waals surface area contributed by atoms with Gasteiger partial charge in [0.15, 0.2) is 5.11 Å². The highest BCUT2D eigenvalue weighted by atomic mass is 35.6. The number of rotatable bonds is 4. The van der Waals surface area contributed by atoms with E-state index < -0.39 is 9.96 Å². The molecule has 3 N–H and O–H groups in total. The van der Waals surface area contributed by atoms with E-state index >= 15 is 0 Å². The van der Waals surface area contributed by atoms with Crippen LogP contribution < -0.4 is 16.0 Å². The highest BCUT2D eigenvalue weighted by Gasteiger charge is 2.35. The fourth-order valence-electron chi connectivity index (χ4n) is 2.44. The topological polar surface area (TPSA) is 53.2 Å². The zero-order valence-corrected chi connectivity index (χ0v) is 18.2. The molecule has 0 unspecified atom stereocenters. The Morgan fingerprint density at radius 1 is 1.00 bits per heavy atom. The summed E-state index contributed by atoms with van der Waals surface area (Å²) in [6.45, 7) is 5.86. The van der Waals surface area contributed by atoms with Crippen LogP contribution in [0.1, 0.15) is 27.0 Å². The molecule has 0 aliphatic carbocycles. The molecule has 2 aromatic rings. The van der Waals surface area contributed by atoms with Crippen LogP contribution in [-0.4, -0.2) is 21.0 Å². The smallest absolute Gasteiger partial charge is 0.252 e. The first kappa shape index (κ1) is 21.8. The monoisotopic (exact) mass is 443 g/mol. The molecule has 0 bridgehead atoms. The van der Waals surface area contributed by atoms with E-state index in [0.29, 0.717) is 5.56 Å². The Morgan fingerprint density at radius 2 is 1.67 bits per heavy atom. The van der Waals surface area contributed by atoms with Crippen molar-refractivity contribution in [2.45, 2.75) is 30.7 Å². The normalized spacial score (nSPS) is 12.2. The largest absolute Gasteiger partial charge is 0.339 e. The third-order valence-corrected chi connectivity index (χ3v) is 4.66. The van der Waals surface area contributed by atoms with Gasteiger partial charge in [0.05, 0.1) is 0 Å². The maximum atomic E-state index is 12.5. The summed E-state index contributed by atoms with van der Waals surface area (Å²) in [5, 5.41) is 8.80. The molecule has 0 heterocycles. The molecular weight excluding hydrogens is 425 g/mol. The average molecular weight is 445 g/mol. The predicted octanol–water partition coefficient (Wildman–Crippen LogP) is 5.02. The molecule has 0 aromatic heterocycles. The number of halogens is 3. The molecule has 27 heavy (non-hydrogen) atoms. The third kappa shape index (κ3) is 6.54. The molecule has 0 saturated carbocycles. The minimum Gasteiger partial charge on any atom is -0.339 e. The van der Waals surface area contributed by atoms with Gasteiger partial charge in [0.2, 0.25) is 3.79 Å². The Labute approximate surface area is 179 Å². The fourth-order valence-corrected chi connectivity index (χ4v) is 3.00. The predicted molar refractivity (Wildman–Crippen MR) is 118 cm³/mol. The molecule has 2 aromatic carbocycles. The van der Waals surface area contributed by atoms with Crippen molar-refractivity contribution in [1.82, 2.24) is 10.6 Å². The van der Waals surface area contributed by atoms with E-state index in [4.69, 9.17) is 47.0 Å². The number of nitrogens with one attached hydrogen (secondary N) is 3. The van der Waals surface area contributed by atoms with Gasteiger partial charge in [-0.3, -0.25) is 4.79 Å². The van der Waals surface area contributed by atoms with E-state index in [2.05, 4.69) is 16.0 Å². The highest BCUT2D eigenvalue weighted by Crippen LogP contribution is 2.29. The van der Waals surface area contributed by atoms with Crippen molar-refractivity contribution in [2.24, 2.45) is 0 Å². The van der Waals surface area contributed by atoms with Gasteiger partial charge in [-0.05, 0) is 56.8 Å². The quantitative estimate of drug-likeness (QED) is 0.352. The molecule has 0 aliphatic rings. The first-order valence-corrected chi connectivity index (χ1v) is 9.69. The second kappa shape index (κ2) is 9.11. The number of hydrogen-bond donors (Lipinski definition) is 3. The summed E-state index contributed by atoms with van der Waals surface area (Å²) in [6.07, 6.45) is -1.03. The second-order valence-corrected chi connectivity index (χ2v) is 9.01. The van der Waals surface area contributed by atoms with Gasteiger partial charge in [-0.25, -0.2) is 0 Å². The van der Waals surface area contributed by atoms with E-state index in [1.807, 2.05) is 45.0 Å². The van der Waals surface area contributed by atoms with Crippen molar-refractivity contribution in [2.75, 3.05) is 5.32 Å². The van der Waals surface area contributed by atoms with E-state index in [1.54, 1.807) is 18.2 Å². The van der Waals surface area contributed by atoms with Gasteiger partial charge < -0.3 is 16.0 Å². The van der Waals surface area contributed by atoms with Crippen LogP contribution in [0, 0.1) is 20.8 Å². The van der Waals surface area contributed by atoms with Gasteiger partial charge in [0.1, 0.15) is 6.17 Å². The van der Waals surface area contributed by atoms with E-state index in [-0.39, 0.29) is 11.0 Å². The maximum absolute atomic E-state index is 12.5. The van der Waals surface area contributed by atoms with Crippen LogP contribution in [0.5, 0.6) is 0 Å². The van der Waals surface area contributed by atoms with Crippen LogP contribution in [0.25, 0.3) is 0 Å². The minimum atomic E-state index is -1.81. The summed E-state index contributed by atoms with van der Waals surface area (Å²) >= 11 is 23.4. The second-order valence-electron chi connectivity index (χ2n) is 6.23. The lowest BCUT2D eigenvalue weighted by Crippen LogP contribution is -2.56. The van der Waals surface area contributed by atoms with E-state index in [0.717, 1.165) is 22.4 Å². The highest BCUT2D eigenvalue weighted by molar-refractivity contribution is 7.80. The molecule has 0 radical (unpaired) electrons.